The van der Waals surface area contributed by atoms with Gasteiger partial charge in [-0.2, -0.15) is 13.5 Å². The lowest BCUT2D eigenvalue weighted by atomic mass is 10.3. The van der Waals surface area contributed by atoms with E-state index in [9.17, 15) is 18.0 Å². The van der Waals surface area contributed by atoms with Crippen LogP contribution in [0.3, 0.4) is 0 Å². The van der Waals surface area contributed by atoms with E-state index < -0.39 is 27.7 Å². The summed E-state index contributed by atoms with van der Waals surface area (Å²) < 4.78 is 29.1. The standard InChI is InChI=1S/C6H8N2O6S/c9-5-3-4(6(10)11)7-8(5)1-2-15(12,13)14/h1-3H2,(H,10,11)(H,12,13,14). The van der Waals surface area contributed by atoms with Crippen molar-refractivity contribution in [3.05, 3.63) is 0 Å². The molecule has 1 rings (SSSR count). The zero-order valence-corrected chi connectivity index (χ0v) is 8.27. The van der Waals surface area contributed by atoms with Gasteiger partial charge in [-0.1, -0.05) is 0 Å². The van der Waals surface area contributed by atoms with Gasteiger partial charge >= 0.3 is 5.97 Å². The van der Waals surface area contributed by atoms with Gasteiger partial charge in [0, 0.05) is 0 Å². The minimum Gasteiger partial charge on any atom is -0.477 e. The van der Waals surface area contributed by atoms with Crippen LogP contribution in [-0.2, 0) is 19.7 Å². The minimum absolute atomic E-state index is 0.338. The van der Waals surface area contributed by atoms with Crippen LogP contribution in [0, 0.1) is 0 Å². The van der Waals surface area contributed by atoms with Crippen molar-refractivity contribution in [1.29, 1.82) is 0 Å². The molecule has 2 N–H and O–H groups in total. The highest BCUT2D eigenvalue weighted by Crippen LogP contribution is 2.08. The zero-order chi connectivity index (χ0) is 11.6. The van der Waals surface area contributed by atoms with Gasteiger partial charge in [0.05, 0.1) is 18.7 Å². The number of hydrogen-bond acceptors (Lipinski definition) is 5. The molecule has 0 fully saturated rings. The molecule has 0 saturated heterocycles. The summed E-state index contributed by atoms with van der Waals surface area (Å²) in [5.41, 5.74) is -0.338. The van der Waals surface area contributed by atoms with Crippen LogP contribution in [0.5, 0.6) is 0 Å². The molecule has 8 nitrogen and oxygen atoms in total. The lowest BCUT2D eigenvalue weighted by molar-refractivity contribution is -0.130. The van der Waals surface area contributed by atoms with Gasteiger partial charge in [0.2, 0.25) is 5.91 Å². The van der Waals surface area contributed by atoms with Crippen molar-refractivity contribution in [2.24, 2.45) is 5.10 Å². The molecule has 0 atom stereocenters. The first-order chi connectivity index (χ1) is 6.79. The number of carboxylic acids is 1. The molecule has 0 aromatic heterocycles. The highest BCUT2D eigenvalue weighted by molar-refractivity contribution is 7.85. The van der Waals surface area contributed by atoms with Gasteiger partial charge in [0.1, 0.15) is 0 Å². The topological polar surface area (TPSA) is 124 Å². The molecule has 0 unspecified atom stereocenters. The molecule has 0 saturated carbocycles. The molecule has 0 aromatic carbocycles. The molecule has 1 amide bonds. The fraction of sp³-hybridized carbons (Fsp3) is 0.500. The lowest BCUT2D eigenvalue weighted by Gasteiger charge is -2.09. The number of carboxylic acid groups (broad SMARTS) is 1. The number of nitrogens with zero attached hydrogens (tertiary/aromatic N) is 2. The van der Waals surface area contributed by atoms with Crippen LogP contribution in [0.4, 0.5) is 0 Å². The van der Waals surface area contributed by atoms with Crippen LogP contribution >= 0.6 is 0 Å². The second-order valence-electron chi connectivity index (χ2n) is 2.83. The molecule has 15 heavy (non-hydrogen) atoms. The SMILES string of the molecule is O=C(O)C1=NN(CCS(=O)(=O)O)C(=O)C1. The van der Waals surface area contributed by atoms with E-state index >= 15 is 0 Å². The molecule has 0 bridgehead atoms. The lowest BCUT2D eigenvalue weighted by Crippen LogP contribution is -2.26. The summed E-state index contributed by atoms with van der Waals surface area (Å²) in [6.07, 6.45) is -0.360. The maximum atomic E-state index is 11.1. The minimum atomic E-state index is -4.18. The molecule has 0 radical (unpaired) electrons. The Kier molecular flexibility index (Phi) is 3.05. The van der Waals surface area contributed by atoms with Crippen molar-refractivity contribution in [2.75, 3.05) is 12.3 Å². The number of aliphatic carboxylic acids is 1. The summed E-state index contributed by atoms with van der Waals surface area (Å²) in [5.74, 6) is -2.59. The Hall–Kier alpha value is -1.48. The molecule has 1 heterocycles. The van der Waals surface area contributed by atoms with Crippen LogP contribution in [0.1, 0.15) is 6.42 Å². The van der Waals surface area contributed by atoms with Gasteiger partial charge in [0.15, 0.2) is 5.71 Å². The molecule has 1 aliphatic rings. The number of carbonyl (C=O) groups is 2. The van der Waals surface area contributed by atoms with Crippen molar-refractivity contribution >= 4 is 27.7 Å². The second-order valence-corrected chi connectivity index (χ2v) is 4.40. The quantitative estimate of drug-likeness (QED) is 0.575. The van der Waals surface area contributed by atoms with E-state index in [4.69, 9.17) is 9.66 Å². The normalized spacial score (nSPS) is 16.7. The second kappa shape index (κ2) is 3.95. The highest BCUT2D eigenvalue weighted by Gasteiger charge is 2.28. The summed E-state index contributed by atoms with van der Waals surface area (Å²) in [6.45, 7) is -0.353. The predicted octanol–water partition coefficient (Wildman–Crippen LogP) is -1.45. The first-order valence-corrected chi connectivity index (χ1v) is 5.47. The maximum absolute atomic E-state index is 11.1. The highest BCUT2D eigenvalue weighted by atomic mass is 32.2. The molecular weight excluding hydrogens is 228 g/mol. The van der Waals surface area contributed by atoms with Gasteiger partial charge in [0.25, 0.3) is 10.1 Å². The van der Waals surface area contributed by atoms with Gasteiger partial charge < -0.3 is 5.11 Å². The zero-order valence-electron chi connectivity index (χ0n) is 7.45. The first-order valence-electron chi connectivity index (χ1n) is 3.86. The van der Waals surface area contributed by atoms with Gasteiger partial charge in [-0.3, -0.25) is 9.35 Å². The van der Waals surface area contributed by atoms with Crippen molar-refractivity contribution < 1.29 is 27.7 Å². The van der Waals surface area contributed by atoms with Crippen LogP contribution in [0.15, 0.2) is 5.10 Å². The Balaban J connectivity index is 2.64. The average Bonchev–Trinajstić information content (AvgIpc) is 2.42. The monoisotopic (exact) mass is 236 g/mol. The largest absolute Gasteiger partial charge is 0.477 e. The fourth-order valence-corrected chi connectivity index (χ4v) is 1.37. The van der Waals surface area contributed by atoms with Crippen LogP contribution in [0.25, 0.3) is 0 Å². The van der Waals surface area contributed by atoms with E-state index in [0.29, 0.717) is 0 Å². The van der Waals surface area contributed by atoms with Gasteiger partial charge in [-0.25, -0.2) is 9.80 Å². The number of amides is 1. The Bertz CT molecular complexity index is 425. The third-order valence-corrected chi connectivity index (χ3v) is 2.35. The Labute approximate surface area is 84.9 Å². The van der Waals surface area contributed by atoms with Crippen molar-refractivity contribution in [3.63, 3.8) is 0 Å². The molecule has 0 spiro atoms. The number of rotatable bonds is 4. The van der Waals surface area contributed by atoms with E-state index in [2.05, 4.69) is 5.10 Å². The van der Waals surface area contributed by atoms with Crippen molar-refractivity contribution in [2.45, 2.75) is 6.42 Å². The third-order valence-electron chi connectivity index (χ3n) is 1.66. The van der Waals surface area contributed by atoms with E-state index in [1.165, 1.54) is 0 Å². The van der Waals surface area contributed by atoms with E-state index in [0.717, 1.165) is 5.01 Å². The molecule has 9 heteroatoms. The third kappa shape index (κ3) is 3.29. The fourth-order valence-electron chi connectivity index (χ4n) is 0.966. The van der Waals surface area contributed by atoms with Crippen molar-refractivity contribution in [1.82, 2.24) is 5.01 Å². The smallest absolute Gasteiger partial charge is 0.352 e. The molecule has 0 aromatic rings. The first kappa shape index (κ1) is 11.6. The summed E-state index contributed by atoms with van der Waals surface area (Å²) in [7, 11) is -4.18. The molecule has 1 aliphatic heterocycles. The summed E-state index contributed by atoms with van der Waals surface area (Å²) in [4.78, 5) is 21.5. The average molecular weight is 236 g/mol. The molecular formula is C6H8N2O6S. The number of hydrogen-bond donors (Lipinski definition) is 2. The van der Waals surface area contributed by atoms with Crippen LogP contribution in [0.2, 0.25) is 0 Å². The number of carbonyl (C=O) groups excluding carboxylic acids is 1. The van der Waals surface area contributed by atoms with E-state index in [1.54, 1.807) is 0 Å². The molecule has 0 aliphatic carbocycles. The Morgan fingerprint density at radius 2 is 2.13 bits per heavy atom. The maximum Gasteiger partial charge on any atom is 0.352 e. The van der Waals surface area contributed by atoms with E-state index in [1.807, 2.05) is 0 Å². The summed E-state index contributed by atoms with van der Waals surface area (Å²) in [6, 6.07) is 0. The Morgan fingerprint density at radius 1 is 1.53 bits per heavy atom. The summed E-state index contributed by atoms with van der Waals surface area (Å²) in [5, 5.41) is 12.6. The van der Waals surface area contributed by atoms with Gasteiger partial charge in [-0.15, -0.1) is 0 Å². The van der Waals surface area contributed by atoms with Crippen molar-refractivity contribution in [3.8, 4) is 0 Å². The van der Waals surface area contributed by atoms with Crippen LogP contribution in [-0.4, -0.2) is 53.0 Å². The Morgan fingerprint density at radius 3 is 2.53 bits per heavy atom. The number of hydrazone groups is 1. The predicted molar refractivity (Wildman–Crippen MR) is 47.8 cm³/mol. The van der Waals surface area contributed by atoms with Gasteiger partial charge in [-0.05, 0) is 0 Å². The molecule has 84 valence electrons. The van der Waals surface area contributed by atoms with E-state index in [-0.39, 0.29) is 18.7 Å². The van der Waals surface area contributed by atoms with Crippen LogP contribution < -0.4 is 0 Å². The summed E-state index contributed by atoms with van der Waals surface area (Å²) >= 11 is 0.